The molecule has 0 aliphatic heterocycles. The van der Waals surface area contributed by atoms with Crippen LogP contribution in [0.5, 0.6) is 0 Å². The van der Waals surface area contributed by atoms with Crippen LogP contribution in [-0.2, 0) is 5.33 Å². The minimum absolute atomic E-state index is 0.0241. The third-order valence-corrected chi connectivity index (χ3v) is 2.83. The first-order chi connectivity index (χ1) is 8.11. The number of nitrogens with zero attached hydrogens (tertiary/aromatic N) is 4. The highest BCUT2D eigenvalue weighted by Crippen LogP contribution is 2.23. The Morgan fingerprint density at radius 2 is 2.29 bits per heavy atom. The van der Waals surface area contributed by atoms with E-state index in [9.17, 15) is 10.1 Å². The first kappa shape index (κ1) is 11.7. The molecule has 0 fully saturated rings. The lowest BCUT2D eigenvalue weighted by atomic mass is 10.2. The van der Waals surface area contributed by atoms with Crippen LogP contribution >= 0.6 is 15.9 Å². The number of hydrogen-bond acceptors (Lipinski definition) is 4. The maximum Gasteiger partial charge on any atom is 0.295 e. The number of aromatic nitrogens is 3. The van der Waals surface area contributed by atoms with Gasteiger partial charge in [-0.05, 0) is 18.6 Å². The molecule has 1 aromatic heterocycles. The number of nitro benzene ring substituents is 1. The van der Waals surface area contributed by atoms with Crippen LogP contribution in [0.2, 0.25) is 0 Å². The third kappa shape index (κ3) is 2.33. The number of halogens is 1. The van der Waals surface area contributed by atoms with Crippen LogP contribution < -0.4 is 0 Å². The average Bonchev–Trinajstić information content (AvgIpc) is 2.77. The molecule has 0 amide bonds. The van der Waals surface area contributed by atoms with E-state index in [1.807, 2.05) is 6.92 Å². The van der Waals surface area contributed by atoms with Gasteiger partial charge < -0.3 is 0 Å². The van der Waals surface area contributed by atoms with Crippen LogP contribution in [-0.4, -0.2) is 19.9 Å². The first-order valence-corrected chi connectivity index (χ1v) is 5.96. The second kappa shape index (κ2) is 4.62. The lowest BCUT2D eigenvalue weighted by molar-refractivity contribution is -0.384. The molecule has 0 spiro atoms. The molecule has 0 atom stereocenters. The highest BCUT2D eigenvalue weighted by Gasteiger charge is 2.16. The molecule has 1 heterocycles. The summed E-state index contributed by atoms with van der Waals surface area (Å²) in [4.78, 5) is 10.5. The van der Waals surface area contributed by atoms with Crippen LogP contribution in [0, 0.1) is 17.0 Å². The molecule has 2 rings (SSSR count). The minimum atomic E-state index is -0.419. The van der Waals surface area contributed by atoms with Gasteiger partial charge in [0, 0.05) is 11.4 Å². The van der Waals surface area contributed by atoms with E-state index in [1.165, 1.54) is 10.7 Å². The van der Waals surface area contributed by atoms with Crippen molar-refractivity contribution in [3.63, 3.8) is 0 Å². The van der Waals surface area contributed by atoms with Gasteiger partial charge in [0.15, 0.2) is 0 Å². The van der Waals surface area contributed by atoms with E-state index in [0.29, 0.717) is 11.0 Å². The number of alkyl halides is 1. The van der Waals surface area contributed by atoms with Crippen molar-refractivity contribution in [2.45, 2.75) is 12.3 Å². The summed E-state index contributed by atoms with van der Waals surface area (Å²) in [5.74, 6) is 0. The summed E-state index contributed by atoms with van der Waals surface area (Å²) in [6, 6.07) is 4.99. The summed E-state index contributed by atoms with van der Waals surface area (Å²) in [7, 11) is 0. The van der Waals surface area contributed by atoms with Crippen LogP contribution in [0.25, 0.3) is 5.69 Å². The maximum atomic E-state index is 11.0. The quantitative estimate of drug-likeness (QED) is 0.495. The molecule has 0 aliphatic rings. The summed E-state index contributed by atoms with van der Waals surface area (Å²) < 4.78 is 1.41. The van der Waals surface area contributed by atoms with Gasteiger partial charge in [-0.2, -0.15) is 0 Å². The summed E-state index contributed by atoms with van der Waals surface area (Å²) >= 11 is 3.25. The standard InChI is InChI=1S/C10H9BrN4O2/c1-7-2-3-9(10(4-7)15(16)17)14-6-8(5-11)12-13-14/h2-4,6H,5H2,1H3. The van der Waals surface area contributed by atoms with E-state index in [1.54, 1.807) is 18.3 Å². The molecule has 0 aliphatic carbocycles. The minimum Gasteiger partial charge on any atom is -0.258 e. The fourth-order valence-electron chi connectivity index (χ4n) is 1.45. The molecular formula is C10H9BrN4O2. The van der Waals surface area contributed by atoms with E-state index in [-0.39, 0.29) is 5.69 Å². The van der Waals surface area contributed by atoms with Gasteiger partial charge in [-0.1, -0.05) is 27.2 Å². The summed E-state index contributed by atoms with van der Waals surface area (Å²) in [6.07, 6.45) is 1.66. The van der Waals surface area contributed by atoms with Crippen molar-refractivity contribution in [1.29, 1.82) is 0 Å². The highest BCUT2D eigenvalue weighted by molar-refractivity contribution is 9.08. The molecule has 0 saturated carbocycles. The number of benzene rings is 1. The van der Waals surface area contributed by atoms with Crippen LogP contribution in [0.1, 0.15) is 11.3 Å². The molecule has 1 aromatic carbocycles. The molecule has 7 heteroatoms. The van der Waals surface area contributed by atoms with Gasteiger partial charge in [-0.3, -0.25) is 10.1 Å². The van der Waals surface area contributed by atoms with Gasteiger partial charge in [0.2, 0.25) is 0 Å². The molecule has 0 bridgehead atoms. The van der Waals surface area contributed by atoms with E-state index < -0.39 is 4.92 Å². The molecule has 0 saturated heterocycles. The van der Waals surface area contributed by atoms with Crippen LogP contribution in [0.15, 0.2) is 24.4 Å². The fraction of sp³-hybridized carbons (Fsp3) is 0.200. The first-order valence-electron chi connectivity index (χ1n) is 4.84. The summed E-state index contributed by atoms with van der Waals surface area (Å²) in [5, 5.41) is 19.3. The van der Waals surface area contributed by atoms with Crippen molar-refractivity contribution in [2.24, 2.45) is 0 Å². The Kier molecular flexibility index (Phi) is 3.19. The third-order valence-electron chi connectivity index (χ3n) is 2.25. The highest BCUT2D eigenvalue weighted by atomic mass is 79.9. The van der Waals surface area contributed by atoms with Gasteiger partial charge >= 0.3 is 0 Å². The molecular weight excluding hydrogens is 288 g/mol. The molecule has 6 nitrogen and oxygen atoms in total. The van der Waals surface area contributed by atoms with Gasteiger partial charge in [-0.25, -0.2) is 4.68 Å². The van der Waals surface area contributed by atoms with E-state index in [2.05, 4.69) is 26.2 Å². The van der Waals surface area contributed by atoms with E-state index in [0.717, 1.165) is 11.3 Å². The monoisotopic (exact) mass is 296 g/mol. The molecule has 0 unspecified atom stereocenters. The van der Waals surface area contributed by atoms with Crippen molar-refractivity contribution < 1.29 is 4.92 Å². The van der Waals surface area contributed by atoms with Gasteiger partial charge in [0.05, 0.1) is 16.8 Å². The van der Waals surface area contributed by atoms with Gasteiger partial charge in [0.25, 0.3) is 5.69 Å². The van der Waals surface area contributed by atoms with Crippen LogP contribution in [0.3, 0.4) is 0 Å². The van der Waals surface area contributed by atoms with Crippen molar-refractivity contribution in [2.75, 3.05) is 0 Å². The smallest absolute Gasteiger partial charge is 0.258 e. The average molecular weight is 297 g/mol. The van der Waals surface area contributed by atoms with Crippen molar-refractivity contribution in [1.82, 2.24) is 15.0 Å². The topological polar surface area (TPSA) is 73.8 Å². The second-order valence-electron chi connectivity index (χ2n) is 3.54. The van der Waals surface area contributed by atoms with Crippen LogP contribution in [0.4, 0.5) is 5.69 Å². The Bertz CT molecular complexity index is 567. The molecule has 17 heavy (non-hydrogen) atoms. The van der Waals surface area contributed by atoms with Crippen molar-refractivity contribution in [3.8, 4) is 5.69 Å². The fourth-order valence-corrected chi connectivity index (χ4v) is 1.71. The number of nitro groups is 1. The Morgan fingerprint density at radius 1 is 1.53 bits per heavy atom. The molecule has 0 radical (unpaired) electrons. The second-order valence-corrected chi connectivity index (χ2v) is 4.10. The van der Waals surface area contributed by atoms with Gasteiger partial charge in [-0.15, -0.1) is 5.10 Å². The Hall–Kier alpha value is -1.76. The van der Waals surface area contributed by atoms with Gasteiger partial charge in [0.1, 0.15) is 5.69 Å². The van der Waals surface area contributed by atoms with Crippen molar-refractivity contribution in [3.05, 3.63) is 45.8 Å². The SMILES string of the molecule is Cc1ccc(-n2cc(CBr)nn2)c([N+](=O)[O-])c1. The van der Waals surface area contributed by atoms with E-state index >= 15 is 0 Å². The van der Waals surface area contributed by atoms with E-state index in [4.69, 9.17) is 0 Å². The Morgan fingerprint density at radius 3 is 2.88 bits per heavy atom. The molecule has 2 aromatic rings. The molecule has 0 N–H and O–H groups in total. The zero-order chi connectivity index (χ0) is 12.4. The number of aryl methyl sites for hydroxylation is 1. The largest absolute Gasteiger partial charge is 0.295 e. The van der Waals surface area contributed by atoms with Crippen molar-refractivity contribution >= 4 is 21.6 Å². The zero-order valence-electron chi connectivity index (χ0n) is 9.00. The number of rotatable bonds is 3. The lowest BCUT2D eigenvalue weighted by Gasteiger charge is -2.02. The lowest BCUT2D eigenvalue weighted by Crippen LogP contribution is -2.01. The molecule has 88 valence electrons. The Labute approximate surface area is 106 Å². The number of hydrogen-bond donors (Lipinski definition) is 0. The predicted octanol–water partition coefficient (Wildman–Crippen LogP) is 2.38. The summed E-state index contributed by atoms with van der Waals surface area (Å²) in [6.45, 7) is 1.81. The maximum absolute atomic E-state index is 11.0. The Balaban J connectivity index is 2.54. The summed E-state index contributed by atoms with van der Waals surface area (Å²) in [5.41, 5.74) is 2.00. The normalized spacial score (nSPS) is 10.5. The zero-order valence-corrected chi connectivity index (χ0v) is 10.6. The predicted molar refractivity (Wildman–Crippen MR) is 65.4 cm³/mol.